The third-order valence-corrected chi connectivity index (χ3v) is 5.99. The smallest absolute Gasteiger partial charge is 0.248 e. The normalized spacial score (nSPS) is 15.7. The van der Waals surface area contributed by atoms with Gasteiger partial charge in [0.1, 0.15) is 11.9 Å². The van der Waals surface area contributed by atoms with Crippen LogP contribution in [-0.2, 0) is 11.8 Å². The highest BCUT2D eigenvalue weighted by atomic mass is 16.2. The van der Waals surface area contributed by atoms with Crippen LogP contribution in [0.3, 0.4) is 0 Å². The van der Waals surface area contributed by atoms with Gasteiger partial charge in [0.2, 0.25) is 5.91 Å². The van der Waals surface area contributed by atoms with Crippen molar-refractivity contribution >= 4 is 17.4 Å². The van der Waals surface area contributed by atoms with E-state index in [0.29, 0.717) is 5.82 Å². The van der Waals surface area contributed by atoms with E-state index in [1.54, 1.807) is 12.4 Å². The van der Waals surface area contributed by atoms with Crippen molar-refractivity contribution in [2.45, 2.75) is 18.9 Å². The van der Waals surface area contributed by atoms with Crippen LogP contribution in [0, 0.1) is 0 Å². The van der Waals surface area contributed by atoms with Crippen molar-refractivity contribution in [3.05, 3.63) is 85.2 Å². The molecule has 6 nitrogen and oxygen atoms in total. The second-order valence-electron chi connectivity index (χ2n) is 8.03. The highest BCUT2D eigenvalue weighted by molar-refractivity contribution is 5.96. The molecule has 0 unspecified atom stereocenters. The van der Waals surface area contributed by atoms with Gasteiger partial charge in [0.05, 0.1) is 5.69 Å². The van der Waals surface area contributed by atoms with Crippen molar-refractivity contribution in [2.75, 3.05) is 16.8 Å². The van der Waals surface area contributed by atoms with Gasteiger partial charge in [-0.1, -0.05) is 42.5 Å². The molecule has 1 aliphatic heterocycles. The fraction of sp³-hybridized carbons (Fsp3) is 0.192. The Balaban J connectivity index is 1.28. The molecule has 1 amide bonds. The number of hydrogen-bond donors (Lipinski definition) is 1. The summed E-state index contributed by atoms with van der Waals surface area (Å²) in [6, 6.07) is 24.1. The molecule has 5 rings (SSSR count). The second kappa shape index (κ2) is 8.67. The molecule has 0 aliphatic carbocycles. The summed E-state index contributed by atoms with van der Waals surface area (Å²) in [5, 5.41) is 7.24. The van der Waals surface area contributed by atoms with E-state index >= 15 is 0 Å². The molecule has 1 N–H and O–H groups in total. The Labute approximate surface area is 187 Å². The molecule has 6 heteroatoms. The molecule has 160 valence electrons. The Kier molecular flexibility index (Phi) is 5.42. The van der Waals surface area contributed by atoms with Crippen LogP contribution < -0.4 is 10.2 Å². The number of pyridine rings is 1. The molecule has 32 heavy (non-hydrogen) atoms. The van der Waals surface area contributed by atoms with Crippen molar-refractivity contribution < 1.29 is 4.79 Å². The maximum atomic E-state index is 13.0. The summed E-state index contributed by atoms with van der Waals surface area (Å²) < 4.78 is 1.86. The number of carbonyl (C=O) groups excluding carboxylic acids is 1. The van der Waals surface area contributed by atoms with E-state index in [2.05, 4.69) is 44.6 Å². The Morgan fingerprint density at radius 1 is 0.938 bits per heavy atom. The quantitative estimate of drug-likeness (QED) is 0.503. The number of anilines is 2. The fourth-order valence-electron chi connectivity index (χ4n) is 4.31. The van der Waals surface area contributed by atoms with Crippen LogP contribution in [0.4, 0.5) is 11.5 Å². The second-order valence-corrected chi connectivity index (χ2v) is 8.03. The van der Waals surface area contributed by atoms with E-state index in [9.17, 15) is 4.79 Å². The highest BCUT2D eigenvalue weighted by Gasteiger charge is 2.31. The van der Waals surface area contributed by atoms with Crippen LogP contribution in [0.15, 0.2) is 85.2 Å². The van der Waals surface area contributed by atoms with E-state index in [1.807, 2.05) is 60.3 Å². The number of hydrogen-bond acceptors (Lipinski definition) is 4. The largest absolute Gasteiger partial charge is 0.360 e. The number of aromatic nitrogens is 3. The minimum atomic E-state index is -0.201. The summed E-state index contributed by atoms with van der Waals surface area (Å²) >= 11 is 0. The Morgan fingerprint density at radius 3 is 2.41 bits per heavy atom. The van der Waals surface area contributed by atoms with Crippen molar-refractivity contribution in [3.63, 3.8) is 0 Å². The van der Waals surface area contributed by atoms with Gasteiger partial charge in [-0.05, 0) is 54.3 Å². The summed E-state index contributed by atoms with van der Waals surface area (Å²) in [5.41, 5.74) is 5.36. The van der Waals surface area contributed by atoms with Gasteiger partial charge >= 0.3 is 0 Å². The molecule has 1 atom stereocenters. The van der Waals surface area contributed by atoms with Crippen molar-refractivity contribution in [1.82, 2.24) is 14.8 Å². The number of rotatable bonds is 5. The van der Waals surface area contributed by atoms with Gasteiger partial charge in [-0.3, -0.25) is 9.48 Å². The zero-order valence-electron chi connectivity index (χ0n) is 18.0. The molecule has 2 aromatic heterocycles. The van der Waals surface area contributed by atoms with Crippen LogP contribution in [-0.4, -0.2) is 33.3 Å². The highest BCUT2D eigenvalue weighted by Crippen LogP contribution is 2.29. The van der Waals surface area contributed by atoms with Crippen LogP contribution in [0.2, 0.25) is 0 Å². The molecule has 1 saturated heterocycles. The van der Waals surface area contributed by atoms with Crippen molar-refractivity contribution in [2.24, 2.45) is 7.05 Å². The standard InChI is InChI=1S/C26H25N5O/c1-30-23(15-16-28-30)20-9-12-22(13-10-20)31-17-5-8-24(31)26(32)29-25-14-11-21(18-27-25)19-6-3-2-4-7-19/h2-4,6-7,9-16,18,24H,5,8,17H2,1H3,(H,27,29,32)/t24-/m1/s1. The number of benzene rings is 2. The van der Waals surface area contributed by atoms with Gasteiger partial charge in [-0.15, -0.1) is 0 Å². The lowest BCUT2D eigenvalue weighted by molar-refractivity contribution is -0.117. The average Bonchev–Trinajstić information content (AvgIpc) is 3.50. The monoisotopic (exact) mass is 423 g/mol. The Morgan fingerprint density at radius 2 is 1.72 bits per heavy atom. The zero-order valence-corrected chi connectivity index (χ0v) is 18.0. The molecule has 3 heterocycles. The Hall–Kier alpha value is -3.93. The number of amides is 1. The lowest BCUT2D eigenvalue weighted by atomic mass is 10.1. The molecule has 0 spiro atoms. The third-order valence-electron chi connectivity index (χ3n) is 5.99. The minimum absolute atomic E-state index is 0.0156. The first-order chi connectivity index (χ1) is 15.7. The zero-order chi connectivity index (χ0) is 21.9. The number of nitrogens with zero attached hydrogens (tertiary/aromatic N) is 4. The van der Waals surface area contributed by atoms with Gasteiger partial charge in [-0.25, -0.2) is 4.98 Å². The lowest BCUT2D eigenvalue weighted by Gasteiger charge is -2.26. The van der Waals surface area contributed by atoms with Gasteiger partial charge in [0, 0.05) is 37.2 Å². The van der Waals surface area contributed by atoms with Crippen LogP contribution >= 0.6 is 0 Å². The van der Waals surface area contributed by atoms with Crippen molar-refractivity contribution in [3.8, 4) is 22.4 Å². The maximum absolute atomic E-state index is 13.0. The summed E-state index contributed by atoms with van der Waals surface area (Å²) in [7, 11) is 1.94. The Bertz CT molecular complexity index is 1200. The number of nitrogens with one attached hydrogen (secondary N) is 1. The van der Waals surface area contributed by atoms with Gasteiger partial charge in [0.25, 0.3) is 0 Å². The van der Waals surface area contributed by atoms with Crippen molar-refractivity contribution in [1.29, 1.82) is 0 Å². The molecule has 4 aromatic rings. The maximum Gasteiger partial charge on any atom is 0.248 e. The van der Waals surface area contributed by atoms with E-state index in [0.717, 1.165) is 47.5 Å². The van der Waals surface area contributed by atoms with E-state index in [4.69, 9.17) is 0 Å². The number of aryl methyl sites for hydroxylation is 1. The summed E-state index contributed by atoms with van der Waals surface area (Å²) in [5.74, 6) is 0.561. The summed E-state index contributed by atoms with van der Waals surface area (Å²) in [4.78, 5) is 19.7. The van der Waals surface area contributed by atoms with E-state index < -0.39 is 0 Å². The molecule has 2 aromatic carbocycles. The van der Waals surface area contributed by atoms with Gasteiger partial charge in [0.15, 0.2) is 0 Å². The van der Waals surface area contributed by atoms with E-state index in [1.165, 1.54) is 0 Å². The van der Waals surface area contributed by atoms with E-state index in [-0.39, 0.29) is 11.9 Å². The summed E-state index contributed by atoms with van der Waals surface area (Å²) in [6.07, 6.45) is 5.42. The first kappa shape index (κ1) is 20.0. The fourth-order valence-corrected chi connectivity index (χ4v) is 4.31. The summed E-state index contributed by atoms with van der Waals surface area (Å²) in [6.45, 7) is 0.865. The molecule has 0 saturated carbocycles. The molecule has 1 aliphatic rings. The molecule has 1 fully saturated rings. The first-order valence-electron chi connectivity index (χ1n) is 10.9. The first-order valence-corrected chi connectivity index (χ1v) is 10.9. The lowest BCUT2D eigenvalue weighted by Crippen LogP contribution is -2.39. The number of carbonyl (C=O) groups is 1. The molecular weight excluding hydrogens is 398 g/mol. The van der Waals surface area contributed by atoms with Crippen LogP contribution in [0.1, 0.15) is 12.8 Å². The topological polar surface area (TPSA) is 63.1 Å². The average molecular weight is 424 g/mol. The predicted octanol–water partition coefficient (Wildman–Crippen LogP) is 4.76. The van der Waals surface area contributed by atoms with Crippen LogP contribution in [0.25, 0.3) is 22.4 Å². The molecule has 0 bridgehead atoms. The third kappa shape index (κ3) is 3.99. The molecular formula is C26H25N5O. The van der Waals surface area contributed by atoms with Gasteiger partial charge in [-0.2, -0.15) is 5.10 Å². The minimum Gasteiger partial charge on any atom is -0.360 e. The molecule has 0 radical (unpaired) electrons. The van der Waals surface area contributed by atoms with Crippen LogP contribution in [0.5, 0.6) is 0 Å². The van der Waals surface area contributed by atoms with Gasteiger partial charge < -0.3 is 10.2 Å². The SMILES string of the molecule is Cn1nccc1-c1ccc(N2CCC[C@@H]2C(=O)Nc2ccc(-c3ccccc3)cn2)cc1. The predicted molar refractivity (Wildman–Crippen MR) is 127 cm³/mol.